The first-order valence-electron chi connectivity index (χ1n) is 8.59. The fraction of sp³-hybridized carbons (Fsp3) is 0.200. The Morgan fingerprint density at radius 2 is 2.00 bits per heavy atom. The SMILES string of the molecule is COc1cc(OC)c2cc(C(=O)Nc3ccc4c(c3)N(C)C(=O)CO4)[nH]c2c1. The molecular weight excluding hydrogens is 362 g/mol. The molecule has 0 saturated heterocycles. The highest BCUT2D eigenvalue weighted by molar-refractivity contribution is 6.07. The number of benzene rings is 2. The smallest absolute Gasteiger partial charge is 0.272 e. The number of H-pyrrole nitrogens is 1. The second kappa shape index (κ2) is 6.80. The summed E-state index contributed by atoms with van der Waals surface area (Å²) in [6.45, 7) is 0.00949. The van der Waals surface area contributed by atoms with Gasteiger partial charge in [0.1, 0.15) is 22.9 Å². The van der Waals surface area contributed by atoms with Gasteiger partial charge in [0.05, 0.1) is 25.4 Å². The summed E-state index contributed by atoms with van der Waals surface area (Å²) in [5.74, 6) is 1.37. The minimum absolute atomic E-state index is 0.00949. The molecule has 0 radical (unpaired) electrons. The van der Waals surface area contributed by atoms with E-state index in [9.17, 15) is 9.59 Å². The average Bonchev–Trinajstić information content (AvgIpc) is 3.14. The number of rotatable bonds is 4. The van der Waals surface area contributed by atoms with Gasteiger partial charge in [0, 0.05) is 30.3 Å². The van der Waals surface area contributed by atoms with E-state index >= 15 is 0 Å². The maximum Gasteiger partial charge on any atom is 0.272 e. The van der Waals surface area contributed by atoms with E-state index in [2.05, 4.69) is 10.3 Å². The third kappa shape index (κ3) is 2.98. The van der Waals surface area contributed by atoms with Crippen molar-refractivity contribution in [1.82, 2.24) is 4.98 Å². The zero-order valence-corrected chi connectivity index (χ0v) is 15.7. The summed E-state index contributed by atoms with van der Waals surface area (Å²) in [7, 11) is 4.80. The largest absolute Gasteiger partial charge is 0.497 e. The van der Waals surface area contributed by atoms with Crippen molar-refractivity contribution >= 4 is 34.1 Å². The summed E-state index contributed by atoms with van der Waals surface area (Å²) in [5, 5.41) is 3.61. The molecule has 0 saturated carbocycles. The molecule has 1 aliphatic rings. The number of amides is 2. The van der Waals surface area contributed by atoms with E-state index in [0.717, 1.165) is 10.9 Å². The lowest BCUT2D eigenvalue weighted by atomic mass is 10.2. The highest BCUT2D eigenvalue weighted by atomic mass is 16.5. The lowest BCUT2D eigenvalue weighted by Crippen LogP contribution is -2.35. The predicted molar refractivity (Wildman–Crippen MR) is 105 cm³/mol. The van der Waals surface area contributed by atoms with Gasteiger partial charge in [-0.05, 0) is 24.3 Å². The Morgan fingerprint density at radius 1 is 1.18 bits per heavy atom. The molecule has 28 heavy (non-hydrogen) atoms. The molecule has 0 bridgehead atoms. The number of fused-ring (bicyclic) bond motifs is 2. The average molecular weight is 381 g/mol. The van der Waals surface area contributed by atoms with Crippen LogP contribution in [0, 0.1) is 0 Å². The molecule has 144 valence electrons. The van der Waals surface area contributed by atoms with Crippen LogP contribution in [0.3, 0.4) is 0 Å². The van der Waals surface area contributed by atoms with Crippen molar-refractivity contribution in [2.24, 2.45) is 0 Å². The Hall–Kier alpha value is -3.68. The number of nitrogens with zero attached hydrogens (tertiary/aromatic N) is 1. The fourth-order valence-electron chi connectivity index (χ4n) is 3.14. The highest BCUT2D eigenvalue weighted by Crippen LogP contribution is 2.34. The number of likely N-dealkylation sites (N-methyl/N-ethyl adjacent to an activating group) is 1. The van der Waals surface area contributed by atoms with Crippen molar-refractivity contribution in [2.45, 2.75) is 0 Å². The van der Waals surface area contributed by atoms with Gasteiger partial charge in [0.15, 0.2) is 6.61 Å². The van der Waals surface area contributed by atoms with Crippen LogP contribution in [0.2, 0.25) is 0 Å². The molecule has 1 aromatic heterocycles. The molecule has 0 fully saturated rings. The normalized spacial score (nSPS) is 13.1. The van der Waals surface area contributed by atoms with E-state index in [1.165, 1.54) is 4.90 Å². The lowest BCUT2D eigenvalue weighted by molar-refractivity contribution is -0.120. The second-order valence-corrected chi connectivity index (χ2v) is 6.35. The molecule has 2 amide bonds. The molecule has 4 rings (SSSR count). The van der Waals surface area contributed by atoms with Crippen molar-refractivity contribution in [3.05, 3.63) is 42.1 Å². The molecule has 3 aromatic rings. The number of hydrogen-bond donors (Lipinski definition) is 2. The number of hydrogen-bond acceptors (Lipinski definition) is 5. The molecule has 2 aromatic carbocycles. The van der Waals surface area contributed by atoms with Gasteiger partial charge in [-0.1, -0.05) is 0 Å². The molecule has 0 unspecified atom stereocenters. The summed E-state index contributed by atoms with van der Waals surface area (Å²) in [6, 6.07) is 10.4. The van der Waals surface area contributed by atoms with Crippen LogP contribution < -0.4 is 24.4 Å². The number of carbonyl (C=O) groups excluding carboxylic acids is 2. The minimum Gasteiger partial charge on any atom is -0.497 e. The first kappa shape index (κ1) is 17.7. The lowest BCUT2D eigenvalue weighted by Gasteiger charge is -2.26. The van der Waals surface area contributed by atoms with Crippen molar-refractivity contribution in [1.29, 1.82) is 0 Å². The Labute approximate surface area is 161 Å². The van der Waals surface area contributed by atoms with Gasteiger partial charge in [-0.2, -0.15) is 0 Å². The Balaban J connectivity index is 1.63. The van der Waals surface area contributed by atoms with E-state index < -0.39 is 0 Å². The number of anilines is 2. The van der Waals surface area contributed by atoms with E-state index in [4.69, 9.17) is 14.2 Å². The van der Waals surface area contributed by atoms with Gasteiger partial charge in [-0.3, -0.25) is 9.59 Å². The van der Waals surface area contributed by atoms with Crippen molar-refractivity contribution in [3.63, 3.8) is 0 Å². The van der Waals surface area contributed by atoms with Crippen LogP contribution in [-0.2, 0) is 4.79 Å². The van der Waals surface area contributed by atoms with Crippen LogP contribution in [0.4, 0.5) is 11.4 Å². The van der Waals surface area contributed by atoms with E-state index in [-0.39, 0.29) is 18.4 Å². The Morgan fingerprint density at radius 3 is 2.75 bits per heavy atom. The van der Waals surface area contributed by atoms with Gasteiger partial charge in [0.25, 0.3) is 11.8 Å². The zero-order chi connectivity index (χ0) is 19.8. The van der Waals surface area contributed by atoms with Crippen molar-refractivity contribution in [2.75, 3.05) is 38.1 Å². The molecule has 0 spiro atoms. The molecule has 1 aliphatic heterocycles. The topological polar surface area (TPSA) is 92.9 Å². The quantitative estimate of drug-likeness (QED) is 0.725. The summed E-state index contributed by atoms with van der Waals surface area (Å²) < 4.78 is 16.0. The first-order chi connectivity index (χ1) is 13.5. The van der Waals surface area contributed by atoms with Crippen LogP contribution in [0.15, 0.2) is 36.4 Å². The van der Waals surface area contributed by atoms with E-state index in [1.807, 2.05) is 0 Å². The maximum absolute atomic E-state index is 12.7. The number of methoxy groups -OCH3 is 2. The monoisotopic (exact) mass is 381 g/mol. The molecule has 2 heterocycles. The van der Waals surface area contributed by atoms with E-state index in [0.29, 0.717) is 34.3 Å². The van der Waals surface area contributed by atoms with Gasteiger partial charge in [-0.15, -0.1) is 0 Å². The molecule has 0 aliphatic carbocycles. The number of ether oxygens (including phenoxy) is 3. The third-order valence-electron chi connectivity index (χ3n) is 4.68. The molecule has 8 nitrogen and oxygen atoms in total. The van der Waals surface area contributed by atoms with Gasteiger partial charge >= 0.3 is 0 Å². The van der Waals surface area contributed by atoms with Crippen LogP contribution in [0.5, 0.6) is 17.2 Å². The molecule has 8 heteroatoms. The van der Waals surface area contributed by atoms with Gasteiger partial charge in [0.2, 0.25) is 0 Å². The Bertz CT molecular complexity index is 1090. The van der Waals surface area contributed by atoms with Crippen LogP contribution in [-0.4, -0.2) is 44.7 Å². The second-order valence-electron chi connectivity index (χ2n) is 6.35. The maximum atomic E-state index is 12.7. The Kier molecular flexibility index (Phi) is 4.31. The highest BCUT2D eigenvalue weighted by Gasteiger charge is 2.23. The molecule has 0 atom stereocenters. The summed E-state index contributed by atoms with van der Waals surface area (Å²) in [5.41, 5.74) is 2.26. The summed E-state index contributed by atoms with van der Waals surface area (Å²) >= 11 is 0. The number of carbonyl (C=O) groups is 2. The third-order valence-corrected chi connectivity index (χ3v) is 4.68. The van der Waals surface area contributed by atoms with Crippen molar-refractivity contribution < 1.29 is 23.8 Å². The fourth-order valence-corrected chi connectivity index (χ4v) is 3.14. The number of aromatic nitrogens is 1. The first-order valence-corrected chi connectivity index (χ1v) is 8.59. The standard InChI is InChI=1S/C20H19N3O5/c1-23-16-6-11(4-5-17(16)28-10-19(23)24)21-20(25)15-9-13-14(22-15)7-12(26-2)8-18(13)27-3/h4-9,22H,10H2,1-3H3,(H,21,25). The molecular formula is C20H19N3O5. The number of aromatic amines is 1. The predicted octanol–water partition coefficient (Wildman–Crippen LogP) is 2.79. The van der Waals surface area contributed by atoms with Crippen LogP contribution >= 0.6 is 0 Å². The number of nitrogens with one attached hydrogen (secondary N) is 2. The zero-order valence-electron chi connectivity index (χ0n) is 15.7. The van der Waals surface area contributed by atoms with Crippen LogP contribution in [0.25, 0.3) is 10.9 Å². The van der Waals surface area contributed by atoms with Gasteiger partial charge in [-0.25, -0.2) is 0 Å². The van der Waals surface area contributed by atoms with Crippen LogP contribution in [0.1, 0.15) is 10.5 Å². The summed E-state index contributed by atoms with van der Waals surface area (Å²) in [6.07, 6.45) is 0. The summed E-state index contributed by atoms with van der Waals surface area (Å²) in [4.78, 5) is 29.1. The minimum atomic E-state index is -0.317. The van der Waals surface area contributed by atoms with Crippen molar-refractivity contribution in [3.8, 4) is 17.2 Å². The van der Waals surface area contributed by atoms with E-state index in [1.54, 1.807) is 57.7 Å². The van der Waals surface area contributed by atoms with Gasteiger partial charge < -0.3 is 29.4 Å². The molecule has 2 N–H and O–H groups in total.